The first-order chi connectivity index (χ1) is 19.9. The molecule has 1 unspecified atom stereocenters. The van der Waals surface area contributed by atoms with Crippen molar-refractivity contribution in [3.63, 3.8) is 0 Å². The van der Waals surface area contributed by atoms with Crippen LogP contribution in [0.1, 0.15) is 42.9 Å². The fraction of sp³-hybridized carbons (Fsp3) is 0.355. The molecule has 0 aliphatic rings. The highest BCUT2D eigenvalue weighted by atomic mass is 35.5. The van der Waals surface area contributed by atoms with Gasteiger partial charge in [0.15, 0.2) is 0 Å². The lowest BCUT2D eigenvalue weighted by molar-refractivity contribution is -0.141. The molecule has 0 radical (unpaired) electrons. The van der Waals surface area contributed by atoms with Gasteiger partial charge in [0.1, 0.15) is 6.04 Å². The minimum Gasteiger partial charge on any atom is -0.354 e. The Kier molecular flexibility index (Phi) is 12.5. The number of rotatable bonds is 14. The van der Waals surface area contributed by atoms with Gasteiger partial charge in [-0.2, -0.15) is 0 Å². The normalized spacial score (nSPS) is 12.0. The number of nitrogens with zero attached hydrogens (tertiary/aromatic N) is 2. The zero-order valence-corrected chi connectivity index (χ0v) is 27.0. The molecule has 1 atom stereocenters. The number of benzene rings is 3. The molecule has 226 valence electrons. The first-order valence-electron chi connectivity index (χ1n) is 13.7. The van der Waals surface area contributed by atoms with E-state index in [-0.39, 0.29) is 44.2 Å². The number of sulfonamides is 1. The van der Waals surface area contributed by atoms with Gasteiger partial charge in [0.2, 0.25) is 21.8 Å². The molecular weight excluding hydrogens is 617 g/mol. The predicted octanol–water partition coefficient (Wildman–Crippen LogP) is 6.67. The SMILES string of the molecule is CCCNC(=O)C(Cc1ccccc1)N(Cc1c(Cl)cccc1Cl)C(=O)CCCN(c1cc(Cl)ccc1C)S(C)(=O)=O. The summed E-state index contributed by atoms with van der Waals surface area (Å²) >= 11 is 19.1. The Balaban J connectivity index is 1.93. The van der Waals surface area contributed by atoms with Gasteiger partial charge in [-0.25, -0.2) is 8.42 Å². The van der Waals surface area contributed by atoms with Gasteiger partial charge in [0.05, 0.1) is 11.9 Å². The molecule has 3 aromatic rings. The quantitative estimate of drug-likeness (QED) is 0.211. The number of hydrogen-bond acceptors (Lipinski definition) is 4. The third-order valence-electron chi connectivity index (χ3n) is 6.80. The van der Waals surface area contributed by atoms with Crippen molar-refractivity contribution in [3.8, 4) is 0 Å². The molecule has 1 N–H and O–H groups in total. The van der Waals surface area contributed by atoms with Gasteiger partial charge in [-0.05, 0) is 55.2 Å². The van der Waals surface area contributed by atoms with Crippen molar-refractivity contribution in [2.45, 2.75) is 52.1 Å². The molecule has 2 amide bonds. The van der Waals surface area contributed by atoms with Crippen LogP contribution >= 0.6 is 34.8 Å². The fourth-order valence-electron chi connectivity index (χ4n) is 4.61. The van der Waals surface area contributed by atoms with Crippen molar-refractivity contribution in [1.82, 2.24) is 10.2 Å². The molecule has 0 bridgehead atoms. The van der Waals surface area contributed by atoms with Gasteiger partial charge in [-0.3, -0.25) is 13.9 Å². The molecule has 0 heterocycles. The summed E-state index contributed by atoms with van der Waals surface area (Å²) in [6, 6.07) is 18.7. The summed E-state index contributed by atoms with van der Waals surface area (Å²) in [6.45, 7) is 4.28. The zero-order chi connectivity index (χ0) is 30.9. The minimum absolute atomic E-state index is 0.0115. The minimum atomic E-state index is -3.67. The molecule has 0 saturated carbocycles. The first kappa shape index (κ1) is 33.7. The number of aryl methyl sites for hydroxylation is 1. The summed E-state index contributed by atoms with van der Waals surface area (Å²) in [6.07, 6.45) is 2.33. The highest BCUT2D eigenvalue weighted by Gasteiger charge is 2.31. The van der Waals surface area contributed by atoms with Crippen LogP contribution in [-0.2, 0) is 32.6 Å². The molecule has 11 heteroatoms. The third kappa shape index (κ3) is 9.36. The van der Waals surface area contributed by atoms with E-state index in [4.69, 9.17) is 34.8 Å². The van der Waals surface area contributed by atoms with Gasteiger partial charge in [-0.15, -0.1) is 0 Å². The summed E-state index contributed by atoms with van der Waals surface area (Å²) in [4.78, 5) is 28.9. The molecule has 3 aromatic carbocycles. The number of nitrogens with one attached hydrogen (secondary N) is 1. The molecule has 3 rings (SSSR count). The van der Waals surface area contributed by atoms with E-state index in [9.17, 15) is 18.0 Å². The molecule has 0 aromatic heterocycles. The maximum atomic E-state index is 13.9. The second kappa shape index (κ2) is 15.6. The number of halogens is 3. The van der Waals surface area contributed by atoms with Gasteiger partial charge in [0.25, 0.3) is 0 Å². The Labute approximate surface area is 263 Å². The van der Waals surface area contributed by atoms with Crippen LogP contribution in [0, 0.1) is 6.92 Å². The first-order valence-corrected chi connectivity index (χ1v) is 16.7. The molecular formula is C31H36Cl3N3O4S. The van der Waals surface area contributed by atoms with Crippen LogP contribution in [0.4, 0.5) is 5.69 Å². The molecule has 0 fully saturated rings. The van der Waals surface area contributed by atoms with Crippen LogP contribution in [0.15, 0.2) is 66.7 Å². The van der Waals surface area contributed by atoms with Gasteiger partial charge >= 0.3 is 0 Å². The Morgan fingerprint density at radius 3 is 2.24 bits per heavy atom. The Bertz CT molecular complexity index is 1470. The van der Waals surface area contributed by atoms with E-state index in [1.54, 1.807) is 43.3 Å². The largest absolute Gasteiger partial charge is 0.354 e. The smallest absolute Gasteiger partial charge is 0.243 e. The fourth-order valence-corrected chi connectivity index (χ4v) is 6.31. The average Bonchev–Trinajstić information content (AvgIpc) is 2.94. The maximum absolute atomic E-state index is 13.9. The van der Waals surface area contributed by atoms with Crippen LogP contribution in [0.3, 0.4) is 0 Å². The van der Waals surface area contributed by atoms with Crippen LogP contribution in [0.25, 0.3) is 0 Å². The maximum Gasteiger partial charge on any atom is 0.243 e. The predicted molar refractivity (Wildman–Crippen MR) is 172 cm³/mol. The third-order valence-corrected chi connectivity index (χ3v) is 8.93. The Morgan fingerprint density at radius 2 is 1.62 bits per heavy atom. The number of carbonyl (C=O) groups is 2. The van der Waals surface area contributed by atoms with Crippen molar-refractivity contribution in [2.24, 2.45) is 0 Å². The highest BCUT2D eigenvalue weighted by molar-refractivity contribution is 7.92. The van der Waals surface area contributed by atoms with Gasteiger partial charge < -0.3 is 10.2 Å². The summed E-state index contributed by atoms with van der Waals surface area (Å²) in [5.74, 6) is -0.612. The lowest BCUT2D eigenvalue weighted by Crippen LogP contribution is -2.50. The second-order valence-electron chi connectivity index (χ2n) is 10.1. The number of hydrogen-bond donors (Lipinski definition) is 1. The molecule has 0 aliphatic carbocycles. The van der Waals surface area contributed by atoms with Gasteiger partial charge in [-0.1, -0.05) is 84.2 Å². The summed E-state index contributed by atoms with van der Waals surface area (Å²) < 4.78 is 26.7. The summed E-state index contributed by atoms with van der Waals surface area (Å²) in [7, 11) is -3.67. The topological polar surface area (TPSA) is 86.8 Å². The van der Waals surface area contributed by atoms with E-state index < -0.39 is 16.1 Å². The summed E-state index contributed by atoms with van der Waals surface area (Å²) in [5, 5.41) is 4.10. The monoisotopic (exact) mass is 651 g/mol. The van der Waals surface area contributed by atoms with Crippen molar-refractivity contribution >= 4 is 62.3 Å². The van der Waals surface area contributed by atoms with E-state index in [0.29, 0.717) is 32.9 Å². The molecule has 0 aliphatic heterocycles. The van der Waals surface area contributed by atoms with E-state index in [1.807, 2.05) is 37.3 Å². The highest BCUT2D eigenvalue weighted by Crippen LogP contribution is 2.29. The lowest BCUT2D eigenvalue weighted by atomic mass is 10.0. The second-order valence-corrected chi connectivity index (χ2v) is 13.2. The van der Waals surface area contributed by atoms with Crippen molar-refractivity contribution in [2.75, 3.05) is 23.7 Å². The standard InChI is InChI=1S/C31H36Cl3N3O4S/c1-4-17-35-31(39)29(19-23-10-6-5-7-11-23)36(21-25-26(33)12-8-13-27(25)34)30(38)14-9-18-37(42(3,40)41)28-20-24(32)16-15-22(28)2/h5-8,10-13,15-16,20,29H,4,9,14,17-19,21H2,1-3H3,(H,35,39). The number of carbonyl (C=O) groups excluding carboxylic acids is 2. The van der Waals surface area contributed by atoms with Crippen molar-refractivity contribution in [1.29, 1.82) is 0 Å². The van der Waals surface area contributed by atoms with Crippen LogP contribution < -0.4 is 9.62 Å². The molecule has 0 spiro atoms. The van der Waals surface area contributed by atoms with E-state index in [2.05, 4.69) is 5.32 Å². The van der Waals surface area contributed by atoms with Crippen LogP contribution in [0.2, 0.25) is 15.1 Å². The molecule has 7 nitrogen and oxygen atoms in total. The van der Waals surface area contributed by atoms with Crippen LogP contribution in [-0.4, -0.2) is 50.5 Å². The Morgan fingerprint density at radius 1 is 0.952 bits per heavy atom. The molecule has 0 saturated heterocycles. The average molecular weight is 653 g/mol. The van der Waals surface area contributed by atoms with Gasteiger partial charge in [0, 0.05) is 53.1 Å². The van der Waals surface area contributed by atoms with Crippen molar-refractivity contribution < 1.29 is 18.0 Å². The van der Waals surface area contributed by atoms with Crippen molar-refractivity contribution in [3.05, 3.63) is 98.5 Å². The lowest BCUT2D eigenvalue weighted by Gasteiger charge is -2.32. The summed E-state index contributed by atoms with van der Waals surface area (Å²) in [5.41, 5.74) is 2.61. The molecule has 42 heavy (non-hydrogen) atoms. The Hall–Kier alpha value is -2.78. The van der Waals surface area contributed by atoms with Crippen LogP contribution in [0.5, 0.6) is 0 Å². The number of amides is 2. The zero-order valence-electron chi connectivity index (χ0n) is 23.9. The number of anilines is 1. The van der Waals surface area contributed by atoms with E-state index in [1.165, 1.54) is 9.21 Å². The van der Waals surface area contributed by atoms with E-state index in [0.717, 1.165) is 23.8 Å². The van der Waals surface area contributed by atoms with E-state index >= 15 is 0 Å².